The van der Waals surface area contributed by atoms with Crippen molar-refractivity contribution in [3.8, 4) is 11.5 Å². The molecule has 0 radical (unpaired) electrons. The van der Waals surface area contributed by atoms with E-state index in [0.717, 1.165) is 10.5 Å². The van der Waals surface area contributed by atoms with Gasteiger partial charge in [0.2, 0.25) is 5.75 Å². The summed E-state index contributed by atoms with van der Waals surface area (Å²) in [6.07, 6.45) is 0. The first-order chi connectivity index (χ1) is 9.92. The SMILES string of the molecule is NCc1ccc(Br)cc1Oc1cc(Cl)c(Cl)cc1[N+](=O)[O-]. The molecule has 0 heterocycles. The Morgan fingerprint density at radius 1 is 1.19 bits per heavy atom. The molecule has 0 atom stereocenters. The van der Waals surface area contributed by atoms with Gasteiger partial charge in [-0.2, -0.15) is 0 Å². The number of nitrogens with zero attached hydrogens (tertiary/aromatic N) is 1. The number of hydrogen-bond donors (Lipinski definition) is 1. The van der Waals surface area contributed by atoms with Crippen LogP contribution in [0, 0.1) is 10.1 Å². The summed E-state index contributed by atoms with van der Waals surface area (Å²) in [6, 6.07) is 7.71. The fourth-order valence-electron chi connectivity index (χ4n) is 1.65. The Morgan fingerprint density at radius 2 is 1.86 bits per heavy atom. The number of nitro groups is 1. The highest BCUT2D eigenvalue weighted by molar-refractivity contribution is 9.10. The van der Waals surface area contributed by atoms with Crippen LogP contribution in [0.2, 0.25) is 10.0 Å². The molecule has 0 amide bonds. The number of nitrogens with two attached hydrogens (primary N) is 1. The van der Waals surface area contributed by atoms with Crippen LogP contribution in [0.3, 0.4) is 0 Å². The lowest BCUT2D eigenvalue weighted by molar-refractivity contribution is -0.385. The van der Waals surface area contributed by atoms with Crippen LogP contribution in [-0.4, -0.2) is 4.92 Å². The zero-order valence-corrected chi connectivity index (χ0v) is 13.6. The number of benzene rings is 2. The number of nitro benzene ring substituents is 1. The summed E-state index contributed by atoms with van der Waals surface area (Å²) in [6.45, 7) is 0.234. The highest BCUT2D eigenvalue weighted by Gasteiger charge is 2.20. The second-order valence-corrected chi connectivity index (χ2v) is 5.78. The molecule has 2 N–H and O–H groups in total. The van der Waals surface area contributed by atoms with Crippen LogP contribution in [0.4, 0.5) is 5.69 Å². The highest BCUT2D eigenvalue weighted by Crippen LogP contribution is 2.39. The van der Waals surface area contributed by atoms with Crippen molar-refractivity contribution in [2.24, 2.45) is 5.73 Å². The van der Waals surface area contributed by atoms with Gasteiger partial charge in [-0.05, 0) is 12.1 Å². The molecule has 0 aliphatic carbocycles. The lowest BCUT2D eigenvalue weighted by atomic mass is 10.2. The zero-order chi connectivity index (χ0) is 15.6. The molecule has 5 nitrogen and oxygen atoms in total. The second kappa shape index (κ2) is 6.62. The molecule has 0 fully saturated rings. The van der Waals surface area contributed by atoms with Gasteiger partial charge in [0.15, 0.2) is 0 Å². The third kappa shape index (κ3) is 3.65. The number of halogens is 3. The Morgan fingerprint density at radius 3 is 2.48 bits per heavy atom. The van der Waals surface area contributed by atoms with Crippen LogP contribution >= 0.6 is 39.1 Å². The van der Waals surface area contributed by atoms with E-state index >= 15 is 0 Å². The first kappa shape index (κ1) is 16.0. The van der Waals surface area contributed by atoms with E-state index < -0.39 is 4.92 Å². The van der Waals surface area contributed by atoms with Gasteiger partial charge in [-0.3, -0.25) is 10.1 Å². The van der Waals surface area contributed by atoms with E-state index in [-0.39, 0.29) is 28.0 Å². The van der Waals surface area contributed by atoms with Gasteiger partial charge >= 0.3 is 5.69 Å². The average Bonchev–Trinajstić information content (AvgIpc) is 2.42. The van der Waals surface area contributed by atoms with E-state index in [0.29, 0.717) is 11.3 Å². The first-order valence-corrected chi connectivity index (χ1v) is 7.27. The molecular weight excluding hydrogens is 383 g/mol. The molecule has 2 rings (SSSR count). The van der Waals surface area contributed by atoms with E-state index in [2.05, 4.69) is 15.9 Å². The topological polar surface area (TPSA) is 78.4 Å². The van der Waals surface area contributed by atoms with Crippen molar-refractivity contribution in [1.82, 2.24) is 0 Å². The third-order valence-electron chi connectivity index (χ3n) is 2.67. The molecule has 0 saturated heterocycles. The van der Waals surface area contributed by atoms with Crippen LogP contribution in [0.15, 0.2) is 34.8 Å². The van der Waals surface area contributed by atoms with Gasteiger partial charge < -0.3 is 10.5 Å². The van der Waals surface area contributed by atoms with Crippen molar-refractivity contribution < 1.29 is 9.66 Å². The van der Waals surface area contributed by atoms with Crippen LogP contribution < -0.4 is 10.5 Å². The van der Waals surface area contributed by atoms with Gasteiger partial charge in [-0.1, -0.05) is 45.2 Å². The summed E-state index contributed by atoms with van der Waals surface area (Å²) in [5.41, 5.74) is 6.07. The first-order valence-electron chi connectivity index (χ1n) is 5.72. The van der Waals surface area contributed by atoms with Crippen LogP contribution in [0.5, 0.6) is 11.5 Å². The minimum atomic E-state index is -0.586. The molecule has 0 unspecified atom stereocenters. The van der Waals surface area contributed by atoms with Crippen molar-refractivity contribution >= 4 is 44.8 Å². The summed E-state index contributed by atoms with van der Waals surface area (Å²) in [5, 5.41) is 11.3. The highest BCUT2D eigenvalue weighted by atomic mass is 79.9. The zero-order valence-electron chi connectivity index (χ0n) is 10.5. The monoisotopic (exact) mass is 390 g/mol. The summed E-state index contributed by atoms with van der Waals surface area (Å²) >= 11 is 15.0. The van der Waals surface area contributed by atoms with E-state index in [9.17, 15) is 10.1 Å². The van der Waals surface area contributed by atoms with Gasteiger partial charge in [0.1, 0.15) is 5.75 Å². The van der Waals surface area contributed by atoms with E-state index in [4.69, 9.17) is 33.7 Å². The van der Waals surface area contributed by atoms with Crippen molar-refractivity contribution in [3.05, 3.63) is 60.5 Å². The van der Waals surface area contributed by atoms with Gasteiger partial charge in [-0.15, -0.1) is 0 Å². The summed E-state index contributed by atoms with van der Waals surface area (Å²) in [4.78, 5) is 10.5. The Balaban J connectivity index is 2.51. The second-order valence-electron chi connectivity index (χ2n) is 4.05. The number of hydrogen-bond acceptors (Lipinski definition) is 4. The fourth-order valence-corrected chi connectivity index (χ4v) is 2.30. The quantitative estimate of drug-likeness (QED) is 0.592. The maximum atomic E-state index is 11.1. The van der Waals surface area contributed by atoms with E-state index in [1.165, 1.54) is 6.07 Å². The predicted molar refractivity (Wildman–Crippen MR) is 85.2 cm³/mol. The smallest absolute Gasteiger partial charge is 0.313 e. The van der Waals surface area contributed by atoms with Gasteiger partial charge in [0.25, 0.3) is 0 Å². The maximum absolute atomic E-state index is 11.1. The molecule has 0 bridgehead atoms. The molecule has 2 aromatic rings. The lowest BCUT2D eigenvalue weighted by Crippen LogP contribution is -2.00. The minimum absolute atomic E-state index is 0.00204. The minimum Gasteiger partial charge on any atom is -0.450 e. The Labute approximate surface area is 138 Å². The van der Waals surface area contributed by atoms with Crippen LogP contribution in [-0.2, 0) is 6.54 Å². The molecule has 21 heavy (non-hydrogen) atoms. The Kier molecular flexibility index (Phi) is 5.05. The molecule has 0 saturated carbocycles. The van der Waals surface area contributed by atoms with Crippen LogP contribution in [0.1, 0.15) is 5.56 Å². The maximum Gasteiger partial charge on any atom is 0.313 e. The molecule has 0 aliphatic heterocycles. The molecule has 110 valence electrons. The van der Waals surface area contributed by atoms with Crippen molar-refractivity contribution in [2.75, 3.05) is 0 Å². The molecule has 8 heteroatoms. The standard InChI is InChI=1S/C13H9BrCl2N2O3/c14-8-2-1-7(6-17)12(3-8)21-13-5-10(16)9(15)4-11(13)18(19)20/h1-5H,6,17H2. The number of ether oxygens (including phenoxy) is 1. The van der Waals surface area contributed by atoms with Gasteiger partial charge in [0.05, 0.1) is 15.0 Å². The average molecular weight is 392 g/mol. The number of rotatable bonds is 4. The molecular formula is C13H9BrCl2N2O3. The van der Waals surface area contributed by atoms with Crippen LogP contribution in [0.25, 0.3) is 0 Å². The molecule has 0 spiro atoms. The Bertz CT molecular complexity index is 710. The van der Waals surface area contributed by atoms with Gasteiger partial charge in [0, 0.05) is 28.7 Å². The Hall–Kier alpha value is -1.34. The van der Waals surface area contributed by atoms with Crippen molar-refractivity contribution in [1.29, 1.82) is 0 Å². The van der Waals surface area contributed by atoms with Gasteiger partial charge in [-0.25, -0.2) is 0 Å². The summed E-state index contributed by atoms with van der Waals surface area (Å²) < 4.78 is 6.38. The molecule has 0 aromatic heterocycles. The molecule has 2 aromatic carbocycles. The van der Waals surface area contributed by atoms with E-state index in [1.54, 1.807) is 18.2 Å². The lowest BCUT2D eigenvalue weighted by Gasteiger charge is -2.11. The molecule has 0 aliphatic rings. The largest absolute Gasteiger partial charge is 0.450 e. The predicted octanol–water partition coefficient (Wildman–Crippen LogP) is 4.92. The van der Waals surface area contributed by atoms with E-state index in [1.807, 2.05) is 0 Å². The van der Waals surface area contributed by atoms with Crippen molar-refractivity contribution in [3.63, 3.8) is 0 Å². The third-order valence-corrected chi connectivity index (χ3v) is 3.88. The summed E-state index contributed by atoms with van der Waals surface area (Å²) in [7, 11) is 0. The van der Waals surface area contributed by atoms with Crippen molar-refractivity contribution in [2.45, 2.75) is 6.54 Å². The fraction of sp³-hybridized carbons (Fsp3) is 0.0769. The normalized spacial score (nSPS) is 10.5. The summed E-state index contributed by atoms with van der Waals surface area (Å²) in [5.74, 6) is 0.413.